The van der Waals surface area contributed by atoms with Gasteiger partial charge in [0.15, 0.2) is 9.84 Å². The number of piperidine rings is 1. The van der Waals surface area contributed by atoms with Crippen molar-refractivity contribution in [2.75, 3.05) is 12.8 Å². The number of allylic oxidation sites excluding steroid dienone is 1. The Bertz CT molecular complexity index is 610. The Balaban J connectivity index is 2.04. The number of nitrogens with zero attached hydrogens (tertiary/aromatic N) is 1. The van der Waals surface area contributed by atoms with Gasteiger partial charge in [0.25, 0.3) is 0 Å². The minimum Gasteiger partial charge on any atom is -0.332 e. The summed E-state index contributed by atoms with van der Waals surface area (Å²) in [5, 5.41) is 4.06. The predicted octanol–water partition coefficient (Wildman–Crippen LogP) is 3.24. The maximum Gasteiger partial charge on any atom is 0.318 e. The van der Waals surface area contributed by atoms with E-state index in [0.717, 1.165) is 43.9 Å². The minimum absolute atomic E-state index is 0.0935. The molecule has 2 rings (SSSR count). The summed E-state index contributed by atoms with van der Waals surface area (Å²) in [5.74, 6) is 0.629. The van der Waals surface area contributed by atoms with E-state index < -0.39 is 9.84 Å². The van der Waals surface area contributed by atoms with Crippen LogP contribution in [0.25, 0.3) is 0 Å². The number of nitrogens with one attached hydrogen (secondary N) is 1. The molecule has 0 spiro atoms. The molecule has 0 aromatic carbocycles. The molecule has 3 atom stereocenters. The van der Waals surface area contributed by atoms with Crippen molar-refractivity contribution < 1.29 is 13.2 Å². The van der Waals surface area contributed by atoms with Gasteiger partial charge in [-0.1, -0.05) is 24.6 Å². The van der Waals surface area contributed by atoms with Gasteiger partial charge >= 0.3 is 6.03 Å². The summed E-state index contributed by atoms with van der Waals surface area (Å²) in [6, 6.07) is -0.211. The molecule has 0 aromatic heterocycles. The lowest BCUT2D eigenvalue weighted by molar-refractivity contribution is 0.142. The van der Waals surface area contributed by atoms with Crippen LogP contribution in [0.4, 0.5) is 4.79 Å². The van der Waals surface area contributed by atoms with E-state index in [4.69, 9.17) is 0 Å². The first-order valence-corrected chi connectivity index (χ1v) is 10.9. The van der Waals surface area contributed by atoms with Crippen LogP contribution in [-0.2, 0) is 9.84 Å². The molecule has 0 bridgehead atoms. The number of urea groups is 1. The van der Waals surface area contributed by atoms with Gasteiger partial charge in [-0.05, 0) is 51.4 Å². The average Bonchev–Trinajstić information content (AvgIpc) is 2.53. The Morgan fingerprint density at radius 2 is 2.17 bits per heavy atom. The summed E-state index contributed by atoms with van der Waals surface area (Å²) in [6.45, 7) is 4.81. The van der Waals surface area contributed by atoms with Crippen LogP contribution >= 0.6 is 0 Å². The zero-order valence-corrected chi connectivity index (χ0v) is 15.8. The normalized spacial score (nSPS) is 27.0. The van der Waals surface area contributed by atoms with E-state index >= 15 is 0 Å². The van der Waals surface area contributed by atoms with E-state index in [0.29, 0.717) is 5.92 Å². The van der Waals surface area contributed by atoms with E-state index in [1.54, 1.807) is 6.92 Å². The van der Waals surface area contributed by atoms with E-state index in [2.05, 4.69) is 18.3 Å². The Labute approximate surface area is 146 Å². The Morgan fingerprint density at radius 3 is 2.79 bits per heavy atom. The fourth-order valence-electron chi connectivity index (χ4n) is 3.49. The molecule has 136 valence electrons. The quantitative estimate of drug-likeness (QED) is 0.788. The number of carbonyl (C=O) groups is 1. The SMILES string of the molecule is C[C@H]1CCN(C(=O)N[C@@H](C)/C=C/S(C)(=O)=O)[C@@H](C2=CCCCC2)C1. The predicted molar refractivity (Wildman–Crippen MR) is 97.4 cm³/mol. The Hall–Kier alpha value is -1.30. The first-order chi connectivity index (χ1) is 11.3. The number of carbonyl (C=O) groups excluding carboxylic acids is 1. The molecule has 2 amide bonds. The third-order valence-corrected chi connectivity index (χ3v) is 5.50. The topological polar surface area (TPSA) is 66.5 Å². The van der Waals surface area contributed by atoms with Gasteiger partial charge in [0.1, 0.15) is 0 Å². The molecular formula is C18H30N2O3S. The molecule has 1 fully saturated rings. The van der Waals surface area contributed by atoms with Gasteiger partial charge in [-0.3, -0.25) is 0 Å². The third kappa shape index (κ3) is 5.65. The Morgan fingerprint density at radius 1 is 1.42 bits per heavy atom. The first-order valence-electron chi connectivity index (χ1n) is 8.90. The Kier molecular flexibility index (Phi) is 6.49. The van der Waals surface area contributed by atoms with E-state index in [-0.39, 0.29) is 18.1 Å². The van der Waals surface area contributed by atoms with Gasteiger partial charge < -0.3 is 10.2 Å². The van der Waals surface area contributed by atoms with Gasteiger partial charge in [-0.15, -0.1) is 0 Å². The second kappa shape index (κ2) is 8.19. The highest BCUT2D eigenvalue weighted by molar-refractivity contribution is 7.93. The number of sulfone groups is 1. The van der Waals surface area contributed by atoms with Crippen LogP contribution in [0, 0.1) is 5.92 Å². The van der Waals surface area contributed by atoms with Crippen molar-refractivity contribution in [3.8, 4) is 0 Å². The first kappa shape index (κ1) is 19.0. The largest absolute Gasteiger partial charge is 0.332 e. The molecule has 0 aromatic rings. The number of likely N-dealkylation sites (tertiary alicyclic amines) is 1. The molecule has 1 aliphatic carbocycles. The summed E-state index contributed by atoms with van der Waals surface area (Å²) in [6.07, 6.45) is 11.7. The van der Waals surface area contributed by atoms with Crippen molar-refractivity contribution in [3.05, 3.63) is 23.1 Å². The van der Waals surface area contributed by atoms with Crippen molar-refractivity contribution >= 4 is 15.9 Å². The van der Waals surface area contributed by atoms with Crippen molar-refractivity contribution in [2.24, 2.45) is 5.92 Å². The zero-order chi connectivity index (χ0) is 17.7. The lowest BCUT2D eigenvalue weighted by Crippen LogP contribution is -2.52. The molecule has 24 heavy (non-hydrogen) atoms. The van der Waals surface area contributed by atoms with Crippen LogP contribution in [0.2, 0.25) is 0 Å². The highest BCUT2D eigenvalue weighted by atomic mass is 32.2. The second-order valence-electron chi connectivity index (χ2n) is 7.26. The zero-order valence-electron chi connectivity index (χ0n) is 15.0. The van der Waals surface area contributed by atoms with Crippen molar-refractivity contribution in [3.63, 3.8) is 0 Å². The number of amides is 2. The standard InChI is InChI=1S/C18H30N2O3S/c1-14-9-11-20(17(13-14)16-7-5-4-6-8-16)18(21)19-15(2)10-12-24(3,22)23/h7,10,12,14-15,17H,4-6,8-9,11,13H2,1-3H3,(H,19,21)/b12-10+/t14-,15-,17+/m0/s1. The summed E-state index contributed by atoms with van der Waals surface area (Å²) in [5.41, 5.74) is 1.40. The fourth-order valence-corrected chi connectivity index (χ4v) is 4.01. The van der Waals surface area contributed by atoms with Crippen molar-refractivity contribution in [2.45, 2.75) is 64.5 Å². The number of hydrogen-bond donors (Lipinski definition) is 1. The van der Waals surface area contributed by atoms with E-state index in [9.17, 15) is 13.2 Å². The van der Waals surface area contributed by atoms with Gasteiger partial charge in [-0.2, -0.15) is 0 Å². The summed E-state index contributed by atoms with van der Waals surface area (Å²) in [7, 11) is -3.17. The molecule has 1 heterocycles. The monoisotopic (exact) mass is 354 g/mol. The van der Waals surface area contributed by atoms with Crippen LogP contribution in [0.3, 0.4) is 0 Å². The fraction of sp³-hybridized carbons (Fsp3) is 0.722. The lowest BCUT2D eigenvalue weighted by Gasteiger charge is -2.41. The molecule has 0 radical (unpaired) electrons. The van der Waals surface area contributed by atoms with Crippen LogP contribution in [0.5, 0.6) is 0 Å². The number of hydrogen-bond acceptors (Lipinski definition) is 3. The van der Waals surface area contributed by atoms with Gasteiger partial charge in [0.2, 0.25) is 0 Å². The molecule has 1 N–H and O–H groups in total. The third-order valence-electron chi connectivity index (χ3n) is 4.85. The number of rotatable bonds is 4. The van der Waals surface area contributed by atoms with Gasteiger partial charge in [0, 0.05) is 24.3 Å². The molecule has 6 heteroatoms. The summed E-state index contributed by atoms with van der Waals surface area (Å²) >= 11 is 0. The maximum absolute atomic E-state index is 12.7. The van der Waals surface area contributed by atoms with Crippen LogP contribution in [0.15, 0.2) is 23.1 Å². The van der Waals surface area contributed by atoms with Crippen molar-refractivity contribution in [1.29, 1.82) is 0 Å². The van der Waals surface area contributed by atoms with Crippen molar-refractivity contribution in [1.82, 2.24) is 10.2 Å². The summed E-state index contributed by atoms with van der Waals surface area (Å²) in [4.78, 5) is 14.6. The molecule has 2 aliphatic rings. The second-order valence-corrected chi connectivity index (χ2v) is 9.19. The molecule has 1 aliphatic heterocycles. The van der Waals surface area contributed by atoms with Gasteiger partial charge in [-0.25, -0.2) is 13.2 Å². The molecule has 1 saturated heterocycles. The maximum atomic E-state index is 12.7. The summed E-state index contributed by atoms with van der Waals surface area (Å²) < 4.78 is 22.4. The molecule has 0 saturated carbocycles. The van der Waals surface area contributed by atoms with Crippen LogP contribution in [-0.4, -0.2) is 44.2 Å². The average molecular weight is 355 g/mol. The minimum atomic E-state index is -3.17. The molecule has 5 nitrogen and oxygen atoms in total. The molecular weight excluding hydrogens is 324 g/mol. The van der Waals surface area contributed by atoms with Gasteiger partial charge in [0.05, 0.1) is 6.04 Å². The van der Waals surface area contributed by atoms with Crippen LogP contribution in [0.1, 0.15) is 52.4 Å². The van der Waals surface area contributed by atoms with Crippen LogP contribution < -0.4 is 5.32 Å². The van der Waals surface area contributed by atoms with E-state index in [1.165, 1.54) is 24.5 Å². The highest BCUT2D eigenvalue weighted by Crippen LogP contribution is 2.32. The smallest absolute Gasteiger partial charge is 0.318 e. The lowest BCUT2D eigenvalue weighted by atomic mass is 9.84. The molecule has 0 unspecified atom stereocenters. The highest BCUT2D eigenvalue weighted by Gasteiger charge is 2.32. The van der Waals surface area contributed by atoms with E-state index in [1.807, 2.05) is 4.90 Å².